The van der Waals surface area contributed by atoms with Crippen LogP contribution < -0.4 is 10.6 Å². The Kier molecular flexibility index (Phi) is 5.72. The Bertz CT molecular complexity index is 1120. The Morgan fingerprint density at radius 2 is 1.84 bits per heavy atom. The van der Waals surface area contributed by atoms with Crippen molar-refractivity contribution in [3.8, 4) is 22.4 Å². The topological polar surface area (TPSA) is 66.9 Å². The molecule has 1 aliphatic rings. The highest BCUT2D eigenvalue weighted by molar-refractivity contribution is 5.88. The van der Waals surface area contributed by atoms with Gasteiger partial charge >= 0.3 is 0 Å². The standard InChI is InChI=1S/C25H27FN4O/c1-16-12-21(26)23(28-11-8-25(3)6-7-25)15-20(16)18-4-9-27-22(13-18)19-5-10-29-24(14-19)30-17(2)31/h4-5,9-10,12-15,28H,6-8,11H2,1-3H3,(H,29,30,31). The van der Waals surface area contributed by atoms with Crippen molar-refractivity contribution in [3.63, 3.8) is 0 Å². The van der Waals surface area contributed by atoms with Crippen LogP contribution in [0.1, 0.15) is 38.7 Å². The van der Waals surface area contributed by atoms with Crippen molar-refractivity contribution in [2.24, 2.45) is 5.41 Å². The molecule has 1 fully saturated rings. The Labute approximate surface area is 182 Å². The number of benzene rings is 1. The van der Waals surface area contributed by atoms with Crippen LogP contribution in [0.5, 0.6) is 0 Å². The highest BCUT2D eigenvalue weighted by atomic mass is 19.1. The number of halogens is 1. The number of nitrogens with one attached hydrogen (secondary N) is 2. The molecule has 5 nitrogen and oxygen atoms in total. The summed E-state index contributed by atoms with van der Waals surface area (Å²) in [6.07, 6.45) is 6.95. The van der Waals surface area contributed by atoms with Gasteiger partial charge in [0.1, 0.15) is 11.6 Å². The summed E-state index contributed by atoms with van der Waals surface area (Å²) in [7, 11) is 0. The van der Waals surface area contributed by atoms with E-state index in [1.165, 1.54) is 19.8 Å². The predicted molar refractivity (Wildman–Crippen MR) is 122 cm³/mol. The van der Waals surface area contributed by atoms with Crippen molar-refractivity contribution in [2.45, 2.75) is 40.0 Å². The van der Waals surface area contributed by atoms with Gasteiger partial charge in [-0.2, -0.15) is 0 Å². The first kappa shape index (κ1) is 21.0. The molecule has 1 aromatic carbocycles. The zero-order valence-electron chi connectivity index (χ0n) is 18.1. The van der Waals surface area contributed by atoms with Gasteiger partial charge in [0.2, 0.25) is 5.91 Å². The molecule has 0 saturated heterocycles. The smallest absolute Gasteiger partial charge is 0.222 e. The molecule has 1 aliphatic carbocycles. The van der Waals surface area contributed by atoms with Crippen LogP contribution in [0.3, 0.4) is 0 Å². The number of carbonyl (C=O) groups is 1. The third-order valence-electron chi connectivity index (χ3n) is 5.89. The number of rotatable bonds is 7. The summed E-state index contributed by atoms with van der Waals surface area (Å²) >= 11 is 0. The number of amides is 1. The van der Waals surface area contributed by atoms with Crippen LogP contribution in [0.25, 0.3) is 22.4 Å². The van der Waals surface area contributed by atoms with Gasteiger partial charge in [-0.1, -0.05) is 6.92 Å². The number of hydrogen-bond acceptors (Lipinski definition) is 4. The molecule has 2 aromatic heterocycles. The van der Waals surface area contributed by atoms with Crippen LogP contribution in [0.4, 0.5) is 15.9 Å². The molecule has 0 atom stereocenters. The maximum Gasteiger partial charge on any atom is 0.222 e. The molecule has 31 heavy (non-hydrogen) atoms. The number of pyridine rings is 2. The Morgan fingerprint density at radius 3 is 2.58 bits per heavy atom. The van der Waals surface area contributed by atoms with E-state index in [0.29, 0.717) is 16.9 Å². The molecule has 6 heteroatoms. The van der Waals surface area contributed by atoms with E-state index in [1.54, 1.807) is 24.5 Å². The van der Waals surface area contributed by atoms with Gasteiger partial charge in [-0.25, -0.2) is 9.37 Å². The lowest BCUT2D eigenvalue weighted by Crippen LogP contribution is -2.08. The van der Waals surface area contributed by atoms with E-state index in [-0.39, 0.29) is 11.7 Å². The largest absolute Gasteiger partial charge is 0.383 e. The van der Waals surface area contributed by atoms with Crippen LogP contribution in [0.2, 0.25) is 0 Å². The number of carbonyl (C=O) groups excluding carboxylic acids is 1. The highest BCUT2D eigenvalue weighted by Gasteiger charge is 2.36. The Balaban J connectivity index is 1.61. The van der Waals surface area contributed by atoms with Gasteiger partial charge in [-0.05, 0) is 84.7 Å². The molecule has 1 amide bonds. The van der Waals surface area contributed by atoms with Gasteiger partial charge in [0, 0.05) is 31.4 Å². The second-order valence-electron chi connectivity index (χ2n) is 8.68. The number of aryl methyl sites for hydroxylation is 1. The first-order valence-electron chi connectivity index (χ1n) is 10.6. The van der Waals surface area contributed by atoms with Crippen LogP contribution in [0.15, 0.2) is 48.8 Å². The molecule has 0 spiro atoms. The fraction of sp³-hybridized carbons (Fsp3) is 0.320. The molecule has 0 bridgehead atoms. The third-order valence-corrected chi connectivity index (χ3v) is 5.89. The lowest BCUT2D eigenvalue weighted by atomic mass is 9.98. The first-order valence-corrected chi connectivity index (χ1v) is 10.6. The molecule has 160 valence electrons. The molecular formula is C25H27FN4O. The minimum Gasteiger partial charge on any atom is -0.383 e. The SMILES string of the molecule is CC(=O)Nc1cc(-c2cc(-c3cc(NCCC4(C)CC4)c(F)cc3C)ccn2)ccn1. The van der Waals surface area contributed by atoms with Crippen molar-refractivity contribution in [2.75, 3.05) is 17.2 Å². The van der Waals surface area contributed by atoms with E-state index < -0.39 is 0 Å². The van der Waals surface area contributed by atoms with Gasteiger partial charge in [-0.15, -0.1) is 0 Å². The van der Waals surface area contributed by atoms with Crippen LogP contribution in [0, 0.1) is 18.2 Å². The summed E-state index contributed by atoms with van der Waals surface area (Å²) in [6, 6.07) is 11.0. The lowest BCUT2D eigenvalue weighted by Gasteiger charge is -2.15. The van der Waals surface area contributed by atoms with E-state index in [0.717, 1.165) is 40.9 Å². The van der Waals surface area contributed by atoms with Gasteiger partial charge in [0.05, 0.1) is 11.4 Å². The summed E-state index contributed by atoms with van der Waals surface area (Å²) in [5, 5.41) is 5.97. The minimum absolute atomic E-state index is 0.177. The van der Waals surface area contributed by atoms with Crippen molar-refractivity contribution < 1.29 is 9.18 Å². The monoisotopic (exact) mass is 418 g/mol. The zero-order valence-corrected chi connectivity index (χ0v) is 18.1. The Morgan fingerprint density at radius 1 is 1.10 bits per heavy atom. The molecular weight excluding hydrogens is 391 g/mol. The molecule has 3 aromatic rings. The van der Waals surface area contributed by atoms with E-state index in [9.17, 15) is 9.18 Å². The van der Waals surface area contributed by atoms with Crippen molar-refractivity contribution in [1.82, 2.24) is 9.97 Å². The quantitative estimate of drug-likeness (QED) is 0.507. The van der Waals surface area contributed by atoms with Gasteiger partial charge < -0.3 is 10.6 Å². The molecule has 0 radical (unpaired) electrons. The number of hydrogen-bond donors (Lipinski definition) is 2. The zero-order chi connectivity index (χ0) is 22.0. The maximum atomic E-state index is 14.6. The summed E-state index contributed by atoms with van der Waals surface area (Å²) < 4.78 is 14.6. The summed E-state index contributed by atoms with van der Waals surface area (Å²) in [5.74, 6) is 0.0700. The molecule has 2 heterocycles. The number of anilines is 2. The maximum absolute atomic E-state index is 14.6. The fourth-order valence-electron chi connectivity index (χ4n) is 3.68. The molecule has 0 aliphatic heterocycles. The van der Waals surface area contributed by atoms with E-state index >= 15 is 0 Å². The molecule has 4 rings (SSSR count). The van der Waals surface area contributed by atoms with E-state index in [2.05, 4.69) is 27.5 Å². The number of aromatic nitrogens is 2. The summed E-state index contributed by atoms with van der Waals surface area (Å²) in [4.78, 5) is 20.0. The van der Waals surface area contributed by atoms with E-state index in [1.807, 2.05) is 31.2 Å². The fourth-order valence-corrected chi connectivity index (χ4v) is 3.68. The lowest BCUT2D eigenvalue weighted by molar-refractivity contribution is -0.114. The first-order chi connectivity index (χ1) is 14.8. The van der Waals surface area contributed by atoms with Gasteiger partial charge in [-0.3, -0.25) is 9.78 Å². The van der Waals surface area contributed by atoms with Crippen LogP contribution in [-0.2, 0) is 4.79 Å². The van der Waals surface area contributed by atoms with Crippen LogP contribution >= 0.6 is 0 Å². The normalized spacial score (nSPS) is 14.2. The highest BCUT2D eigenvalue weighted by Crippen LogP contribution is 2.48. The molecule has 0 unspecified atom stereocenters. The van der Waals surface area contributed by atoms with Crippen molar-refractivity contribution in [1.29, 1.82) is 0 Å². The molecule has 1 saturated carbocycles. The molecule has 2 N–H and O–H groups in total. The van der Waals surface area contributed by atoms with E-state index in [4.69, 9.17) is 0 Å². The number of nitrogens with zero attached hydrogens (tertiary/aromatic N) is 2. The van der Waals surface area contributed by atoms with Crippen molar-refractivity contribution >= 4 is 17.4 Å². The second kappa shape index (κ2) is 8.46. The van der Waals surface area contributed by atoms with Gasteiger partial charge in [0.25, 0.3) is 0 Å². The third kappa shape index (κ3) is 5.08. The predicted octanol–water partition coefficient (Wildman–Crippen LogP) is 5.82. The average molecular weight is 419 g/mol. The summed E-state index contributed by atoms with van der Waals surface area (Å²) in [6.45, 7) is 6.40. The van der Waals surface area contributed by atoms with Gasteiger partial charge in [0.15, 0.2) is 0 Å². The van der Waals surface area contributed by atoms with Crippen molar-refractivity contribution in [3.05, 3.63) is 60.2 Å². The summed E-state index contributed by atoms with van der Waals surface area (Å²) in [5.41, 5.74) is 5.34. The minimum atomic E-state index is -0.231. The van der Waals surface area contributed by atoms with Crippen LogP contribution in [-0.4, -0.2) is 22.4 Å². The average Bonchev–Trinajstić information content (AvgIpc) is 3.46. The Hall–Kier alpha value is -3.28. The second-order valence-corrected chi connectivity index (χ2v) is 8.68.